The third-order valence-electron chi connectivity index (χ3n) is 2.65. The van der Waals surface area contributed by atoms with E-state index in [1.54, 1.807) is 12.3 Å². The molecule has 0 unspecified atom stereocenters. The van der Waals surface area contributed by atoms with Crippen molar-refractivity contribution in [1.29, 1.82) is 10.8 Å². The second kappa shape index (κ2) is 6.06. The van der Waals surface area contributed by atoms with Crippen LogP contribution in [0.25, 0.3) is 0 Å². The maximum Gasteiger partial charge on any atom is 0.210 e. The topological polar surface area (TPSA) is 100 Å². The van der Waals surface area contributed by atoms with Crippen molar-refractivity contribution in [2.45, 2.75) is 19.4 Å². The van der Waals surface area contributed by atoms with Gasteiger partial charge in [-0.2, -0.15) is 0 Å². The van der Waals surface area contributed by atoms with E-state index in [1.807, 2.05) is 11.1 Å². The van der Waals surface area contributed by atoms with E-state index in [0.717, 1.165) is 31.7 Å². The molecule has 0 bridgehead atoms. The minimum absolute atomic E-state index is 0.0723. The zero-order chi connectivity index (χ0) is 12.8. The van der Waals surface area contributed by atoms with Crippen molar-refractivity contribution in [2.75, 3.05) is 13.1 Å². The van der Waals surface area contributed by atoms with Crippen LogP contribution in [0.15, 0.2) is 22.8 Å². The van der Waals surface area contributed by atoms with Crippen LogP contribution in [0.4, 0.5) is 0 Å². The molecule has 0 radical (unpaired) electrons. The molecule has 1 aromatic heterocycles. The van der Waals surface area contributed by atoms with E-state index in [2.05, 4.69) is 16.1 Å². The minimum Gasteiger partial charge on any atom is -0.467 e. The van der Waals surface area contributed by atoms with Gasteiger partial charge in [0.15, 0.2) is 5.96 Å². The predicted octanol–water partition coefficient (Wildman–Crippen LogP) is 0.429. The van der Waals surface area contributed by atoms with Crippen LogP contribution >= 0.6 is 0 Å². The van der Waals surface area contributed by atoms with Gasteiger partial charge in [0.05, 0.1) is 12.8 Å². The second-order valence-corrected chi connectivity index (χ2v) is 4.11. The molecule has 2 rings (SSSR count). The smallest absolute Gasteiger partial charge is 0.210 e. The van der Waals surface area contributed by atoms with E-state index in [-0.39, 0.29) is 11.9 Å². The Balaban J connectivity index is 1.65. The fourth-order valence-electron chi connectivity index (χ4n) is 1.77. The van der Waals surface area contributed by atoms with Gasteiger partial charge < -0.3 is 9.73 Å². The fraction of sp³-hybridized carbons (Fsp3) is 0.455. The Bertz CT molecular complexity index is 396. The number of hydrogen-bond acceptors (Lipinski definition) is 4. The van der Waals surface area contributed by atoms with Gasteiger partial charge >= 0.3 is 0 Å². The summed E-state index contributed by atoms with van der Waals surface area (Å²) in [5.41, 5.74) is 2.90. The molecule has 1 saturated heterocycles. The number of nitrogens with one attached hydrogen (secondary N) is 5. The Morgan fingerprint density at radius 3 is 2.72 bits per heavy atom. The Morgan fingerprint density at radius 2 is 2.06 bits per heavy atom. The van der Waals surface area contributed by atoms with E-state index in [0.29, 0.717) is 6.54 Å². The van der Waals surface area contributed by atoms with Crippen LogP contribution in [0, 0.1) is 10.8 Å². The molecule has 7 heteroatoms. The first-order valence-electron chi connectivity index (χ1n) is 5.96. The first-order valence-corrected chi connectivity index (χ1v) is 5.96. The maximum absolute atomic E-state index is 7.67. The van der Waals surface area contributed by atoms with Crippen molar-refractivity contribution in [1.82, 2.24) is 21.1 Å². The molecule has 5 N–H and O–H groups in total. The van der Waals surface area contributed by atoms with Gasteiger partial charge in [0.2, 0.25) is 5.96 Å². The van der Waals surface area contributed by atoms with Crippen molar-refractivity contribution in [3.63, 3.8) is 0 Å². The van der Waals surface area contributed by atoms with Gasteiger partial charge in [-0.1, -0.05) is 0 Å². The lowest BCUT2D eigenvalue weighted by Crippen LogP contribution is -2.50. The molecule has 1 aliphatic heterocycles. The van der Waals surface area contributed by atoms with Crippen LogP contribution in [0.5, 0.6) is 0 Å². The Kier molecular flexibility index (Phi) is 4.19. The van der Waals surface area contributed by atoms with Crippen molar-refractivity contribution >= 4 is 11.9 Å². The molecule has 0 amide bonds. The molecular weight excluding hydrogens is 232 g/mol. The van der Waals surface area contributed by atoms with Gasteiger partial charge in [-0.3, -0.25) is 21.6 Å². The van der Waals surface area contributed by atoms with Crippen molar-refractivity contribution < 1.29 is 4.42 Å². The fourth-order valence-corrected chi connectivity index (χ4v) is 1.77. The van der Waals surface area contributed by atoms with Crippen LogP contribution in [-0.4, -0.2) is 30.0 Å². The summed E-state index contributed by atoms with van der Waals surface area (Å²) in [6, 6.07) is 3.62. The highest BCUT2D eigenvalue weighted by atomic mass is 16.3. The first kappa shape index (κ1) is 12.4. The van der Waals surface area contributed by atoms with Gasteiger partial charge in [0.25, 0.3) is 0 Å². The second-order valence-electron chi connectivity index (χ2n) is 4.11. The molecule has 0 atom stereocenters. The van der Waals surface area contributed by atoms with Gasteiger partial charge in [-0.05, 0) is 25.0 Å². The Hall–Kier alpha value is -2.02. The van der Waals surface area contributed by atoms with E-state index >= 15 is 0 Å². The Morgan fingerprint density at radius 1 is 1.28 bits per heavy atom. The average Bonchev–Trinajstić information content (AvgIpc) is 2.98. The molecular formula is C11H18N6O. The third-order valence-corrected chi connectivity index (χ3v) is 2.65. The Labute approximate surface area is 106 Å². The minimum atomic E-state index is 0.0723. The molecule has 0 aliphatic carbocycles. The molecule has 2 heterocycles. The molecule has 7 nitrogen and oxygen atoms in total. The van der Waals surface area contributed by atoms with Gasteiger partial charge in [-0.15, -0.1) is 0 Å². The zero-order valence-electron chi connectivity index (χ0n) is 10.1. The van der Waals surface area contributed by atoms with Gasteiger partial charge in [-0.25, -0.2) is 5.01 Å². The highest BCUT2D eigenvalue weighted by Gasteiger charge is 2.12. The first-order chi connectivity index (χ1) is 8.74. The van der Waals surface area contributed by atoms with E-state index < -0.39 is 0 Å². The zero-order valence-corrected chi connectivity index (χ0v) is 10.1. The van der Waals surface area contributed by atoms with Gasteiger partial charge in [0.1, 0.15) is 5.76 Å². The molecule has 18 heavy (non-hydrogen) atoms. The molecule has 0 saturated carbocycles. The number of furan rings is 1. The summed E-state index contributed by atoms with van der Waals surface area (Å²) in [4.78, 5) is 0. The monoisotopic (exact) mass is 250 g/mol. The summed E-state index contributed by atoms with van der Waals surface area (Å²) in [6.45, 7) is 2.31. The predicted molar refractivity (Wildman–Crippen MR) is 68.1 cm³/mol. The molecule has 0 spiro atoms. The highest BCUT2D eigenvalue weighted by molar-refractivity contribution is 5.95. The average molecular weight is 250 g/mol. The standard InChI is InChI=1S/C11H18N6O/c12-10(14-8-9-4-3-7-18-9)15-11(13)16-17-5-1-2-6-17/h3-4,7H,1-2,5-6,8H2,(H5,12,13,14,15,16). The third kappa shape index (κ3) is 3.77. The summed E-state index contributed by atoms with van der Waals surface area (Å²) >= 11 is 0. The van der Waals surface area contributed by atoms with E-state index in [1.165, 1.54) is 0 Å². The number of hydrogen-bond donors (Lipinski definition) is 5. The van der Waals surface area contributed by atoms with Crippen LogP contribution in [0.2, 0.25) is 0 Å². The molecule has 1 aliphatic rings. The summed E-state index contributed by atoms with van der Waals surface area (Å²) in [6.07, 6.45) is 3.88. The maximum atomic E-state index is 7.67. The van der Waals surface area contributed by atoms with Crippen molar-refractivity contribution in [2.24, 2.45) is 0 Å². The highest BCUT2D eigenvalue weighted by Crippen LogP contribution is 2.02. The SMILES string of the molecule is N=C(NCc1ccco1)NC(=N)NN1CCCC1. The normalized spacial score (nSPS) is 15.3. The lowest BCUT2D eigenvalue weighted by atomic mass is 10.4. The summed E-state index contributed by atoms with van der Waals surface area (Å²) in [5, 5.41) is 22.7. The largest absolute Gasteiger partial charge is 0.467 e. The van der Waals surface area contributed by atoms with E-state index in [9.17, 15) is 0 Å². The van der Waals surface area contributed by atoms with E-state index in [4.69, 9.17) is 15.2 Å². The van der Waals surface area contributed by atoms with Crippen molar-refractivity contribution in [3.05, 3.63) is 24.2 Å². The number of nitrogens with zero attached hydrogens (tertiary/aromatic N) is 1. The molecule has 1 aromatic rings. The van der Waals surface area contributed by atoms with Crippen molar-refractivity contribution in [3.8, 4) is 0 Å². The number of hydrazine groups is 1. The lowest BCUT2D eigenvalue weighted by molar-refractivity contribution is 0.291. The lowest BCUT2D eigenvalue weighted by Gasteiger charge is -2.19. The van der Waals surface area contributed by atoms with Crippen LogP contribution < -0.4 is 16.1 Å². The van der Waals surface area contributed by atoms with Crippen LogP contribution in [-0.2, 0) is 6.54 Å². The quantitative estimate of drug-likeness (QED) is 0.395. The molecule has 1 fully saturated rings. The summed E-state index contributed by atoms with van der Waals surface area (Å²) in [5.74, 6) is 0.928. The molecule has 98 valence electrons. The number of guanidine groups is 2. The van der Waals surface area contributed by atoms with Crippen LogP contribution in [0.3, 0.4) is 0 Å². The summed E-state index contributed by atoms with van der Waals surface area (Å²) < 4.78 is 5.13. The van der Waals surface area contributed by atoms with Crippen LogP contribution in [0.1, 0.15) is 18.6 Å². The molecule has 0 aromatic carbocycles. The summed E-state index contributed by atoms with van der Waals surface area (Å²) in [7, 11) is 0. The van der Waals surface area contributed by atoms with Gasteiger partial charge in [0, 0.05) is 13.1 Å². The number of rotatable bonds is 3.